The van der Waals surface area contributed by atoms with Crippen LogP contribution < -0.4 is 4.74 Å². The van der Waals surface area contributed by atoms with Crippen molar-refractivity contribution in [2.24, 2.45) is 0 Å². The van der Waals surface area contributed by atoms with Crippen molar-refractivity contribution in [3.05, 3.63) is 77.6 Å². The summed E-state index contributed by atoms with van der Waals surface area (Å²) in [5, 5.41) is 0. The Hall–Kier alpha value is -2.21. The summed E-state index contributed by atoms with van der Waals surface area (Å²) in [6, 6.07) is 15.2. The molecule has 0 radical (unpaired) electrons. The number of nitrogens with zero attached hydrogens (tertiary/aromatic N) is 1. The maximum atomic E-state index is 13.4. The molecule has 1 atom stereocenters. The summed E-state index contributed by atoms with van der Waals surface area (Å²) in [6.07, 6.45) is 8.38. The minimum Gasteiger partial charge on any atom is -0.497 e. The summed E-state index contributed by atoms with van der Waals surface area (Å²) >= 11 is 0. The molecule has 2 aliphatic rings. The van der Waals surface area contributed by atoms with E-state index in [1.54, 1.807) is 19.2 Å². The Morgan fingerprint density at radius 1 is 1.07 bits per heavy atom. The third-order valence-corrected chi connectivity index (χ3v) is 6.00. The highest BCUT2D eigenvalue weighted by Crippen LogP contribution is 2.36. The molecule has 1 fully saturated rings. The van der Waals surface area contributed by atoms with E-state index in [4.69, 9.17) is 14.2 Å². The minimum absolute atomic E-state index is 0.242. The molecule has 4 nitrogen and oxygen atoms in total. The number of rotatable bonds is 8. The van der Waals surface area contributed by atoms with Gasteiger partial charge in [-0.2, -0.15) is 0 Å². The van der Waals surface area contributed by atoms with E-state index in [2.05, 4.69) is 29.2 Å². The quantitative estimate of drug-likeness (QED) is 0.590. The van der Waals surface area contributed by atoms with Crippen molar-refractivity contribution in [2.45, 2.75) is 37.5 Å². The van der Waals surface area contributed by atoms with Gasteiger partial charge in [0, 0.05) is 24.6 Å². The molecule has 2 aliphatic heterocycles. The van der Waals surface area contributed by atoms with Crippen molar-refractivity contribution >= 4 is 0 Å². The molecule has 0 bridgehead atoms. The molecule has 1 unspecified atom stereocenters. The summed E-state index contributed by atoms with van der Waals surface area (Å²) in [6.45, 7) is 3.18. The summed E-state index contributed by atoms with van der Waals surface area (Å²) in [5.74, 6) is -0.101. The smallest absolute Gasteiger partial charge is 0.195 e. The molecule has 4 rings (SSSR count). The second kappa shape index (κ2) is 9.73. The number of ether oxygens (including phenoxy) is 3. The SMILES string of the molecule is COc1ccc(CC2C=CCCN2CCCC2(c3ccc(F)cc3)OCCO2)cc1. The Morgan fingerprint density at radius 2 is 1.80 bits per heavy atom. The number of hydrogen-bond acceptors (Lipinski definition) is 4. The first-order valence-electron chi connectivity index (χ1n) is 10.8. The fraction of sp³-hybridized carbons (Fsp3) is 0.440. The van der Waals surface area contributed by atoms with E-state index in [1.807, 2.05) is 12.1 Å². The van der Waals surface area contributed by atoms with Crippen molar-refractivity contribution < 1.29 is 18.6 Å². The highest BCUT2D eigenvalue weighted by Gasteiger charge is 2.38. The fourth-order valence-corrected chi connectivity index (χ4v) is 4.39. The summed E-state index contributed by atoms with van der Waals surface area (Å²) in [5.41, 5.74) is 2.21. The Kier molecular flexibility index (Phi) is 6.82. The molecule has 0 spiro atoms. The lowest BCUT2D eigenvalue weighted by Gasteiger charge is -2.34. The molecule has 0 aliphatic carbocycles. The van der Waals surface area contributed by atoms with Gasteiger partial charge in [0.1, 0.15) is 11.6 Å². The van der Waals surface area contributed by atoms with Gasteiger partial charge in [-0.25, -0.2) is 4.39 Å². The van der Waals surface area contributed by atoms with Gasteiger partial charge < -0.3 is 14.2 Å². The molecule has 2 aromatic carbocycles. The molecule has 160 valence electrons. The predicted octanol–water partition coefficient (Wildman–Crippen LogP) is 4.69. The van der Waals surface area contributed by atoms with Crippen LogP contribution in [0.4, 0.5) is 4.39 Å². The molecule has 0 amide bonds. The zero-order chi connectivity index (χ0) is 20.8. The van der Waals surface area contributed by atoms with Crippen molar-refractivity contribution in [1.29, 1.82) is 0 Å². The van der Waals surface area contributed by atoms with Crippen LogP contribution in [0.2, 0.25) is 0 Å². The first-order valence-corrected chi connectivity index (χ1v) is 10.8. The predicted molar refractivity (Wildman–Crippen MR) is 115 cm³/mol. The summed E-state index contributed by atoms with van der Waals surface area (Å²) in [7, 11) is 1.69. The standard InChI is InChI=1S/C25H30FNO3/c1-28-24-12-6-20(7-13-24)19-23-5-2-3-15-27(23)16-4-14-25(29-17-18-30-25)21-8-10-22(26)11-9-21/h2,5-13,23H,3-4,14-19H2,1H3. The number of benzene rings is 2. The highest BCUT2D eigenvalue weighted by atomic mass is 19.1. The van der Waals surface area contributed by atoms with Gasteiger partial charge in [0.05, 0.1) is 20.3 Å². The Bertz CT molecular complexity index is 828. The van der Waals surface area contributed by atoms with Gasteiger partial charge >= 0.3 is 0 Å². The normalized spacial score (nSPS) is 21.1. The van der Waals surface area contributed by atoms with Gasteiger partial charge in [-0.3, -0.25) is 4.90 Å². The molecular weight excluding hydrogens is 381 g/mol. The monoisotopic (exact) mass is 411 g/mol. The topological polar surface area (TPSA) is 30.9 Å². The molecular formula is C25H30FNO3. The van der Waals surface area contributed by atoms with E-state index in [1.165, 1.54) is 17.7 Å². The maximum absolute atomic E-state index is 13.4. The van der Waals surface area contributed by atoms with Crippen LogP contribution in [-0.2, 0) is 21.7 Å². The Morgan fingerprint density at radius 3 is 2.50 bits per heavy atom. The fourth-order valence-electron chi connectivity index (χ4n) is 4.39. The first-order chi connectivity index (χ1) is 14.7. The van der Waals surface area contributed by atoms with E-state index >= 15 is 0 Å². The van der Waals surface area contributed by atoms with Crippen LogP contribution in [0.1, 0.15) is 30.4 Å². The third-order valence-electron chi connectivity index (χ3n) is 6.00. The van der Waals surface area contributed by atoms with E-state index in [9.17, 15) is 4.39 Å². The number of hydrogen-bond donors (Lipinski definition) is 0. The average Bonchev–Trinajstić information content (AvgIpc) is 3.26. The average molecular weight is 412 g/mol. The lowest BCUT2D eigenvalue weighted by molar-refractivity contribution is -0.172. The molecule has 0 aromatic heterocycles. The van der Waals surface area contributed by atoms with Crippen molar-refractivity contribution in [1.82, 2.24) is 4.90 Å². The number of halogens is 1. The summed E-state index contributed by atoms with van der Waals surface area (Å²) in [4.78, 5) is 2.54. The minimum atomic E-state index is -0.745. The molecule has 0 saturated carbocycles. The van der Waals surface area contributed by atoms with Crippen LogP contribution in [0.3, 0.4) is 0 Å². The lowest BCUT2D eigenvalue weighted by atomic mass is 9.98. The maximum Gasteiger partial charge on any atom is 0.195 e. The largest absolute Gasteiger partial charge is 0.497 e. The molecule has 1 saturated heterocycles. The van der Waals surface area contributed by atoms with Crippen LogP contribution in [-0.4, -0.2) is 44.4 Å². The van der Waals surface area contributed by atoms with Gasteiger partial charge in [-0.15, -0.1) is 0 Å². The molecule has 2 aromatic rings. The van der Waals surface area contributed by atoms with Crippen molar-refractivity contribution in [3.63, 3.8) is 0 Å². The van der Waals surface area contributed by atoms with Crippen LogP contribution in [0.25, 0.3) is 0 Å². The Labute approximate surface area is 178 Å². The van der Waals surface area contributed by atoms with E-state index in [0.717, 1.165) is 50.1 Å². The Balaban J connectivity index is 1.37. The van der Waals surface area contributed by atoms with E-state index < -0.39 is 5.79 Å². The zero-order valence-electron chi connectivity index (χ0n) is 17.6. The highest BCUT2D eigenvalue weighted by molar-refractivity contribution is 5.28. The van der Waals surface area contributed by atoms with Gasteiger partial charge in [0.2, 0.25) is 0 Å². The number of methoxy groups -OCH3 is 1. The molecule has 2 heterocycles. The summed E-state index contributed by atoms with van der Waals surface area (Å²) < 4.78 is 30.6. The second-order valence-corrected chi connectivity index (χ2v) is 7.93. The van der Waals surface area contributed by atoms with Crippen LogP contribution >= 0.6 is 0 Å². The molecule has 0 N–H and O–H groups in total. The van der Waals surface area contributed by atoms with E-state index in [0.29, 0.717) is 19.3 Å². The van der Waals surface area contributed by atoms with Crippen LogP contribution in [0, 0.1) is 5.82 Å². The van der Waals surface area contributed by atoms with Gasteiger partial charge in [0.15, 0.2) is 5.79 Å². The van der Waals surface area contributed by atoms with E-state index in [-0.39, 0.29) is 5.82 Å². The van der Waals surface area contributed by atoms with Crippen molar-refractivity contribution in [2.75, 3.05) is 33.4 Å². The van der Waals surface area contributed by atoms with Crippen LogP contribution in [0.15, 0.2) is 60.7 Å². The zero-order valence-corrected chi connectivity index (χ0v) is 17.6. The molecule has 30 heavy (non-hydrogen) atoms. The first kappa shape index (κ1) is 21.0. The van der Waals surface area contributed by atoms with Gasteiger partial charge in [-0.05, 0) is 55.6 Å². The lowest BCUT2D eigenvalue weighted by Crippen LogP contribution is -2.40. The second-order valence-electron chi connectivity index (χ2n) is 7.93. The van der Waals surface area contributed by atoms with Gasteiger partial charge in [-0.1, -0.05) is 36.4 Å². The third kappa shape index (κ3) is 4.91. The molecule has 5 heteroatoms. The van der Waals surface area contributed by atoms with Gasteiger partial charge in [0.25, 0.3) is 0 Å². The van der Waals surface area contributed by atoms with Crippen molar-refractivity contribution in [3.8, 4) is 5.75 Å². The van der Waals surface area contributed by atoms with Crippen LogP contribution in [0.5, 0.6) is 5.75 Å².